The molecule has 0 aromatic heterocycles. The minimum absolute atomic E-state index is 0.259. The van der Waals surface area contributed by atoms with Gasteiger partial charge in [0, 0.05) is 19.1 Å². The molecule has 1 fully saturated rings. The highest BCUT2D eigenvalue weighted by Crippen LogP contribution is 2.19. The maximum Gasteiger partial charge on any atom is 0.323 e. The van der Waals surface area contributed by atoms with Crippen LogP contribution < -0.4 is 10.6 Å². The van der Waals surface area contributed by atoms with Crippen LogP contribution in [-0.4, -0.2) is 40.9 Å². The van der Waals surface area contributed by atoms with Crippen molar-refractivity contribution in [2.24, 2.45) is 0 Å². The standard InChI is InChI=1S/C18H20N2O3/c21-17-15(11-20-16(17)18(22)23)19-10-12-6-8-14(9-7-12)13-4-2-1-3-5-13/h1-9,15-17,19-21H,10-11H2,(H,22,23)/t15-,16+,17+/m1/s1. The Morgan fingerprint density at radius 3 is 2.35 bits per heavy atom. The van der Waals surface area contributed by atoms with Gasteiger partial charge in [0.25, 0.3) is 0 Å². The van der Waals surface area contributed by atoms with Gasteiger partial charge in [0.15, 0.2) is 0 Å². The second kappa shape index (κ2) is 6.91. The number of carbonyl (C=O) groups is 1. The number of carboxylic acid groups (broad SMARTS) is 1. The normalized spacial score (nSPS) is 23.8. The molecule has 5 nitrogen and oxygen atoms in total. The first-order valence-corrected chi connectivity index (χ1v) is 7.67. The lowest BCUT2D eigenvalue weighted by molar-refractivity contribution is -0.141. The number of carboxylic acids is 1. The van der Waals surface area contributed by atoms with Crippen LogP contribution in [-0.2, 0) is 11.3 Å². The van der Waals surface area contributed by atoms with Crippen LogP contribution in [0.3, 0.4) is 0 Å². The number of aliphatic carboxylic acids is 1. The summed E-state index contributed by atoms with van der Waals surface area (Å²) >= 11 is 0. The summed E-state index contributed by atoms with van der Waals surface area (Å²) in [5, 5.41) is 25.0. The van der Waals surface area contributed by atoms with E-state index >= 15 is 0 Å². The molecule has 1 saturated heterocycles. The zero-order valence-corrected chi connectivity index (χ0v) is 12.6. The molecule has 0 amide bonds. The van der Waals surface area contributed by atoms with Crippen molar-refractivity contribution in [1.82, 2.24) is 10.6 Å². The number of nitrogens with one attached hydrogen (secondary N) is 2. The summed E-state index contributed by atoms with van der Waals surface area (Å²) in [5.41, 5.74) is 3.42. The van der Waals surface area contributed by atoms with Crippen molar-refractivity contribution in [2.75, 3.05) is 6.54 Å². The van der Waals surface area contributed by atoms with Gasteiger partial charge in [0.05, 0.1) is 6.10 Å². The van der Waals surface area contributed by atoms with Crippen molar-refractivity contribution >= 4 is 5.97 Å². The molecule has 0 bridgehead atoms. The molecule has 0 saturated carbocycles. The minimum Gasteiger partial charge on any atom is -0.480 e. The molecule has 0 spiro atoms. The van der Waals surface area contributed by atoms with E-state index in [-0.39, 0.29) is 6.04 Å². The van der Waals surface area contributed by atoms with Gasteiger partial charge in [-0.2, -0.15) is 0 Å². The fraction of sp³-hybridized carbons (Fsp3) is 0.278. The van der Waals surface area contributed by atoms with Crippen LogP contribution in [0.2, 0.25) is 0 Å². The molecule has 3 rings (SSSR count). The first kappa shape index (κ1) is 15.7. The first-order chi connectivity index (χ1) is 11.1. The SMILES string of the molecule is O=C(O)[C@H]1NC[C@@H](NCc2ccc(-c3ccccc3)cc2)[C@@H]1O. The summed E-state index contributed by atoms with van der Waals surface area (Å²) in [4.78, 5) is 11.0. The van der Waals surface area contributed by atoms with Crippen molar-refractivity contribution in [3.05, 3.63) is 60.2 Å². The molecular formula is C18H20N2O3. The summed E-state index contributed by atoms with van der Waals surface area (Å²) < 4.78 is 0. The van der Waals surface area contributed by atoms with Crippen LogP contribution in [0.25, 0.3) is 11.1 Å². The Balaban J connectivity index is 1.58. The summed E-state index contributed by atoms with van der Waals surface area (Å²) in [7, 11) is 0. The summed E-state index contributed by atoms with van der Waals surface area (Å²) in [6.45, 7) is 1.03. The highest BCUT2D eigenvalue weighted by Gasteiger charge is 2.38. The van der Waals surface area contributed by atoms with Gasteiger partial charge in [-0.3, -0.25) is 4.79 Å². The lowest BCUT2D eigenvalue weighted by Crippen LogP contribution is -2.44. The molecule has 2 aromatic carbocycles. The molecule has 1 aliphatic rings. The van der Waals surface area contributed by atoms with Crippen LogP contribution in [0.5, 0.6) is 0 Å². The van der Waals surface area contributed by atoms with Gasteiger partial charge >= 0.3 is 5.97 Å². The zero-order valence-electron chi connectivity index (χ0n) is 12.6. The van der Waals surface area contributed by atoms with E-state index in [1.165, 1.54) is 5.56 Å². The maximum absolute atomic E-state index is 11.0. The Bertz CT molecular complexity index is 658. The molecule has 2 aromatic rings. The van der Waals surface area contributed by atoms with Crippen LogP contribution in [0.1, 0.15) is 5.56 Å². The van der Waals surface area contributed by atoms with Gasteiger partial charge in [-0.15, -0.1) is 0 Å². The van der Waals surface area contributed by atoms with Gasteiger partial charge in [-0.05, 0) is 16.7 Å². The van der Waals surface area contributed by atoms with Crippen LogP contribution in [0, 0.1) is 0 Å². The quantitative estimate of drug-likeness (QED) is 0.668. The van der Waals surface area contributed by atoms with Crippen LogP contribution in [0.15, 0.2) is 54.6 Å². The Morgan fingerprint density at radius 2 is 1.74 bits per heavy atom. The zero-order chi connectivity index (χ0) is 16.2. The predicted molar refractivity (Wildman–Crippen MR) is 87.9 cm³/mol. The molecule has 0 aliphatic carbocycles. The van der Waals surface area contributed by atoms with E-state index in [2.05, 4.69) is 34.9 Å². The second-order valence-corrected chi connectivity index (χ2v) is 5.77. The molecule has 0 unspecified atom stereocenters. The average Bonchev–Trinajstić information content (AvgIpc) is 2.95. The number of rotatable bonds is 5. The molecule has 23 heavy (non-hydrogen) atoms. The van der Waals surface area contributed by atoms with E-state index in [9.17, 15) is 9.90 Å². The Labute approximate surface area is 135 Å². The fourth-order valence-electron chi connectivity index (χ4n) is 2.85. The van der Waals surface area contributed by atoms with Crippen LogP contribution >= 0.6 is 0 Å². The van der Waals surface area contributed by atoms with Crippen molar-refractivity contribution in [3.8, 4) is 11.1 Å². The maximum atomic E-state index is 11.0. The molecule has 1 heterocycles. The third-order valence-electron chi connectivity index (χ3n) is 4.21. The number of aliphatic hydroxyl groups excluding tert-OH is 1. The third-order valence-corrected chi connectivity index (χ3v) is 4.21. The molecule has 5 heteroatoms. The first-order valence-electron chi connectivity index (χ1n) is 7.67. The lowest BCUT2D eigenvalue weighted by atomic mass is 10.0. The summed E-state index contributed by atoms with van der Waals surface area (Å²) in [6.07, 6.45) is -0.920. The van der Waals surface area contributed by atoms with Crippen LogP contribution in [0.4, 0.5) is 0 Å². The number of aliphatic hydroxyl groups is 1. The molecule has 120 valence electrons. The predicted octanol–water partition coefficient (Wildman–Crippen LogP) is 1.23. The Hall–Kier alpha value is -2.21. The molecule has 4 N–H and O–H groups in total. The molecular weight excluding hydrogens is 292 g/mol. The fourth-order valence-corrected chi connectivity index (χ4v) is 2.85. The number of hydrogen-bond acceptors (Lipinski definition) is 4. The summed E-state index contributed by atoms with van der Waals surface area (Å²) in [6, 6.07) is 17.2. The highest BCUT2D eigenvalue weighted by atomic mass is 16.4. The molecule has 0 radical (unpaired) electrons. The highest BCUT2D eigenvalue weighted by molar-refractivity contribution is 5.75. The van der Waals surface area contributed by atoms with Gasteiger partial charge in [-0.1, -0.05) is 54.6 Å². The van der Waals surface area contributed by atoms with Gasteiger partial charge in [0.2, 0.25) is 0 Å². The van der Waals surface area contributed by atoms with Crippen molar-refractivity contribution < 1.29 is 15.0 Å². The van der Waals surface area contributed by atoms with Gasteiger partial charge < -0.3 is 20.8 Å². The number of benzene rings is 2. The van der Waals surface area contributed by atoms with Gasteiger partial charge in [0.1, 0.15) is 6.04 Å². The topological polar surface area (TPSA) is 81.6 Å². The third kappa shape index (κ3) is 3.59. The Kier molecular flexibility index (Phi) is 4.71. The van der Waals surface area contributed by atoms with Crippen molar-refractivity contribution in [3.63, 3.8) is 0 Å². The van der Waals surface area contributed by atoms with E-state index in [1.807, 2.05) is 30.3 Å². The largest absolute Gasteiger partial charge is 0.480 e. The van der Waals surface area contributed by atoms with E-state index in [1.54, 1.807) is 0 Å². The molecule has 3 atom stereocenters. The summed E-state index contributed by atoms with van der Waals surface area (Å²) in [5.74, 6) is -1.02. The van der Waals surface area contributed by atoms with E-state index in [0.717, 1.165) is 11.1 Å². The van der Waals surface area contributed by atoms with Crippen molar-refractivity contribution in [2.45, 2.75) is 24.7 Å². The van der Waals surface area contributed by atoms with E-state index in [4.69, 9.17) is 5.11 Å². The molecule has 1 aliphatic heterocycles. The lowest BCUT2D eigenvalue weighted by Gasteiger charge is -2.17. The number of hydrogen-bond donors (Lipinski definition) is 4. The Morgan fingerprint density at radius 1 is 1.09 bits per heavy atom. The van der Waals surface area contributed by atoms with Crippen molar-refractivity contribution in [1.29, 1.82) is 0 Å². The smallest absolute Gasteiger partial charge is 0.323 e. The second-order valence-electron chi connectivity index (χ2n) is 5.77. The average molecular weight is 312 g/mol. The van der Waals surface area contributed by atoms with E-state index in [0.29, 0.717) is 13.1 Å². The minimum atomic E-state index is -1.02. The van der Waals surface area contributed by atoms with E-state index < -0.39 is 18.1 Å². The van der Waals surface area contributed by atoms with Gasteiger partial charge in [-0.25, -0.2) is 0 Å². The monoisotopic (exact) mass is 312 g/mol.